The van der Waals surface area contributed by atoms with Crippen LogP contribution in [0.25, 0.3) is 94.6 Å². The largest absolute Gasteiger partial charge is 0.0760 e. The van der Waals surface area contributed by atoms with Gasteiger partial charge in [-0.25, -0.2) is 0 Å². The Morgan fingerprint density at radius 3 is 1.63 bits per heavy atom. The Morgan fingerprint density at radius 1 is 0.424 bits per heavy atom. The number of benzene rings is 9. The first-order valence-corrected chi connectivity index (χ1v) is 21.1. The third-order valence-corrected chi connectivity index (χ3v) is 14.2. The van der Waals surface area contributed by atoms with Crippen LogP contribution in [0.5, 0.6) is 0 Å². The monoisotopic (exact) mass is 748 g/mol. The maximum absolute atomic E-state index is 2.50. The van der Waals surface area contributed by atoms with Gasteiger partial charge in [-0.2, -0.15) is 0 Å². The van der Waals surface area contributed by atoms with Crippen LogP contribution in [-0.4, -0.2) is 0 Å². The molecule has 0 amide bonds. The first-order valence-electron chi connectivity index (χ1n) is 21.1. The molecule has 0 fully saturated rings. The molecule has 0 saturated carbocycles. The predicted octanol–water partition coefficient (Wildman–Crippen LogP) is 15.7. The van der Waals surface area contributed by atoms with Crippen molar-refractivity contribution in [2.45, 2.75) is 25.2 Å². The molecule has 2 unspecified atom stereocenters. The Balaban J connectivity index is 0.910. The van der Waals surface area contributed by atoms with Crippen molar-refractivity contribution in [3.8, 4) is 44.5 Å². The molecule has 0 aromatic heterocycles. The minimum Gasteiger partial charge on any atom is -0.0760 e. The lowest BCUT2D eigenvalue weighted by molar-refractivity contribution is 0.660. The second kappa shape index (κ2) is 12.0. The van der Waals surface area contributed by atoms with E-state index in [9.17, 15) is 0 Å². The lowest BCUT2D eigenvalue weighted by atomic mass is 9.66. The summed E-state index contributed by atoms with van der Waals surface area (Å²) in [5.41, 5.74) is 21.3. The van der Waals surface area contributed by atoms with E-state index >= 15 is 0 Å². The molecular formula is C59H40. The van der Waals surface area contributed by atoms with Crippen molar-refractivity contribution >= 4 is 50.0 Å². The average molecular weight is 749 g/mol. The number of allylic oxidation sites excluding steroid dienone is 6. The van der Waals surface area contributed by atoms with E-state index in [-0.39, 0.29) is 5.41 Å². The van der Waals surface area contributed by atoms with E-state index in [0.29, 0.717) is 11.8 Å². The summed E-state index contributed by atoms with van der Waals surface area (Å²) in [4.78, 5) is 0. The molecule has 9 aromatic rings. The van der Waals surface area contributed by atoms with Crippen molar-refractivity contribution in [1.29, 1.82) is 0 Å². The van der Waals surface area contributed by atoms with Crippen molar-refractivity contribution in [1.82, 2.24) is 0 Å². The van der Waals surface area contributed by atoms with Crippen LogP contribution < -0.4 is 0 Å². The Morgan fingerprint density at radius 2 is 0.966 bits per heavy atom. The predicted molar refractivity (Wildman–Crippen MR) is 251 cm³/mol. The maximum Gasteiger partial charge on any atom is 0.0205 e. The highest BCUT2D eigenvalue weighted by Crippen LogP contribution is 2.54. The third kappa shape index (κ3) is 4.60. The second-order valence-electron chi connectivity index (χ2n) is 17.5. The van der Waals surface area contributed by atoms with Crippen LogP contribution in [0.4, 0.5) is 0 Å². The Kier molecular flexibility index (Phi) is 6.72. The molecule has 4 aliphatic carbocycles. The van der Waals surface area contributed by atoms with Crippen LogP contribution in [0.15, 0.2) is 188 Å². The van der Waals surface area contributed by atoms with Gasteiger partial charge in [0.25, 0.3) is 0 Å². The molecule has 59 heavy (non-hydrogen) atoms. The van der Waals surface area contributed by atoms with Crippen LogP contribution in [0.3, 0.4) is 0 Å². The summed E-state index contributed by atoms with van der Waals surface area (Å²) in [6, 6.07) is 59.5. The van der Waals surface area contributed by atoms with Gasteiger partial charge in [0.05, 0.1) is 0 Å². The van der Waals surface area contributed by atoms with Gasteiger partial charge in [0.15, 0.2) is 0 Å². The highest BCUT2D eigenvalue weighted by atomic mass is 14.4. The standard InChI is InChI=1S/C59H40/c1-59(2)53-33-41(45-25-15-39-17-29-49-43(35-9-5-3-6-10-35)23-13-37-19-31-51(45)57(39)55(37)49)21-27-47(53)48-28-22-42(34-54(48)59)46-26-16-40-18-30-50-44(36-11-7-4-8-12-36)24-14-38-20-32-52(46)58(40)56(38)50/h3-34,37,55H,1-2H3. The molecule has 0 spiro atoms. The quantitative estimate of drug-likeness (QED) is 0.157. The molecule has 4 aliphatic rings. The van der Waals surface area contributed by atoms with Crippen molar-refractivity contribution in [2.75, 3.05) is 0 Å². The van der Waals surface area contributed by atoms with Gasteiger partial charge >= 0.3 is 0 Å². The summed E-state index contributed by atoms with van der Waals surface area (Å²) in [6.07, 6.45) is 14.3. The van der Waals surface area contributed by atoms with Crippen LogP contribution in [0.1, 0.15) is 53.1 Å². The first kappa shape index (κ1) is 33.0. The Bertz CT molecular complexity index is 3380. The summed E-state index contributed by atoms with van der Waals surface area (Å²) >= 11 is 0. The second-order valence-corrected chi connectivity index (χ2v) is 17.5. The van der Waals surface area contributed by atoms with Gasteiger partial charge in [-0.1, -0.05) is 196 Å². The van der Waals surface area contributed by atoms with Crippen LogP contribution >= 0.6 is 0 Å². The van der Waals surface area contributed by atoms with Gasteiger partial charge in [0.1, 0.15) is 0 Å². The van der Waals surface area contributed by atoms with E-state index in [0.717, 1.165) is 0 Å². The maximum atomic E-state index is 2.50. The van der Waals surface area contributed by atoms with E-state index in [1.165, 1.54) is 121 Å². The number of fused-ring (bicyclic) bond motifs is 3. The zero-order valence-corrected chi connectivity index (χ0v) is 33.1. The van der Waals surface area contributed by atoms with Gasteiger partial charge < -0.3 is 0 Å². The summed E-state index contributed by atoms with van der Waals surface area (Å²) in [7, 11) is 0. The van der Waals surface area contributed by atoms with Crippen LogP contribution in [0.2, 0.25) is 0 Å². The SMILES string of the molecule is CC1(C)c2cc(-c3ccc4c5c3C=CC3C=CC(c6ccccc6)=C(C=C4)C53)ccc2-c2ccc(-c3ccc4ccc5c(-c6ccccc6)ccc6ccc3c4c65)cc21. The highest BCUT2D eigenvalue weighted by molar-refractivity contribution is 6.27. The molecule has 0 saturated heterocycles. The van der Waals surface area contributed by atoms with E-state index in [1.54, 1.807) is 0 Å². The number of hydrogen-bond donors (Lipinski definition) is 0. The summed E-state index contributed by atoms with van der Waals surface area (Å²) in [5.74, 6) is 0.695. The van der Waals surface area contributed by atoms with E-state index in [1.807, 2.05) is 0 Å². The molecule has 2 atom stereocenters. The topological polar surface area (TPSA) is 0 Å². The minimum absolute atomic E-state index is 0.158. The normalized spacial score (nSPS) is 17.9. The zero-order chi connectivity index (χ0) is 39.0. The number of hydrogen-bond acceptors (Lipinski definition) is 0. The fourth-order valence-corrected chi connectivity index (χ4v) is 11.3. The molecule has 276 valence electrons. The van der Waals surface area contributed by atoms with E-state index < -0.39 is 0 Å². The molecule has 0 aliphatic heterocycles. The van der Waals surface area contributed by atoms with Gasteiger partial charge in [0.2, 0.25) is 0 Å². The van der Waals surface area contributed by atoms with Crippen molar-refractivity contribution < 1.29 is 0 Å². The first-order chi connectivity index (χ1) is 29.0. The molecule has 9 aromatic carbocycles. The van der Waals surface area contributed by atoms with Gasteiger partial charge in [-0.3, -0.25) is 0 Å². The van der Waals surface area contributed by atoms with Crippen LogP contribution in [0, 0.1) is 5.92 Å². The fraction of sp³-hybridized carbons (Fsp3) is 0.0847. The molecule has 13 rings (SSSR count). The lowest BCUT2D eigenvalue weighted by Gasteiger charge is -2.37. The van der Waals surface area contributed by atoms with E-state index in [2.05, 4.69) is 208 Å². The smallest absolute Gasteiger partial charge is 0.0205 e. The minimum atomic E-state index is -0.158. The summed E-state index contributed by atoms with van der Waals surface area (Å²) in [5, 5.41) is 7.93. The molecule has 0 radical (unpaired) electrons. The molecule has 0 N–H and O–H groups in total. The summed E-state index contributed by atoms with van der Waals surface area (Å²) in [6.45, 7) is 4.84. The molecular weight excluding hydrogens is 709 g/mol. The van der Waals surface area contributed by atoms with Crippen LogP contribution in [-0.2, 0) is 5.41 Å². The molecule has 0 heterocycles. The van der Waals surface area contributed by atoms with Gasteiger partial charge in [-0.05, 0) is 133 Å². The molecule has 0 heteroatoms. The van der Waals surface area contributed by atoms with E-state index in [4.69, 9.17) is 0 Å². The van der Waals surface area contributed by atoms with Gasteiger partial charge in [0, 0.05) is 17.3 Å². The summed E-state index contributed by atoms with van der Waals surface area (Å²) < 4.78 is 0. The highest BCUT2D eigenvalue weighted by Gasteiger charge is 2.38. The average Bonchev–Trinajstić information content (AvgIpc) is 3.52. The third-order valence-electron chi connectivity index (χ3n) is 14.2. The molecule has 0 nitrogen and oxygen atoms in total. The molecule has 0 bridgehead atoms. The lowest BCUT2D eigenvalue weighted by Crippen LogP contribution is -2.22. The zero-order valence-electron chi connectivity index (χ0n) is 33.1. The Labute approximate surface area is 345 Å². The van der Waals surface area contributed by atoms with Gasteiger partial charge in [-0.15, -0.1) is 0 Å². The van der Waals surface area contributed by atoms with Crippen molar-refractivity contribution in [2.24, 2.45) is 5.92 Å². The Hall–Kier alpha value is -7.02. The van der Waals surface area contributed by atoms with Crippen molar-refractivity contribution in [3.05, 3.63) is 221 Å². The van der Waals surface area contributed by atoms with Crippen molar-refractivity contribution in [3.63, 3.8) is 0 Å². The fourth-order valence-electron chi connectivity index (χ4n) is 11.3. The number of rotatable bonds is 4.